The molecule has 1 N–H and O–H groups in total. The molecular formula is C24H27N3O4. The summed E-state index contributed by atoms with van der Waals surface area (Å²) in [5.74, 6) is 1.37. The van der Waals surface area contributed by atoms with Crippen molar-refractivity contribution in [2.24, 2.45) is 0 Å². The summed E-state index contributed by atoms with van der Waals surface area (Å²) in [5, 5.41) is 0.952. The molecule has 4 rings (SSSR count). The van der Waals surface area contributed by atoms with E-state index in [0.717, 1.165) is 22.0 Å². The van der Waals surface area contributed by atoms with Crippen molar-refractivity contribution in [1.29, 1.82) is 0 Å². The molecular weight excluding hydrogens is 394 g/mol. The molecule has 0 saturated heterocycles. The summed E-state index contributed by atoms with van der Waals surface area (Å²) in [4.78, 5) is 32.4. The van der Waals surface area contributed by atoms with Gasteiger partial charge in [-0.2, -0.15) is 0 Å². The first-order valence-electron chi connectivity index (χ1n) is 10.5. The minimum atomic E-state index is -0.181. The van der Waals surface area contributed by atoms with Crippen molar-refractivity contribution in [3.8, 4) is 11.5 Å². The highest BCUT2D eigenvalue weighted by Gasteiger charge is 2.22. The molecule has 2 amide bonds. The van der Waals surface area contributed by atoms with Crippen molar-refractivity contribution in [2.75, 3.05) is 19.9 Å². The van der Waals surface area contributed by atoms with Crippen molar-refractivity contribution in [1.82, 2.24) is 14.8 Å². The van der Waals surface area contributed by atoms with E-state index in [4.69, 9.17) is 9.47 Å². The van der Waals surface area contributed by atoms with Gasteiger partial charge in [0.2, 0.25) is 6.79 Å². The average Bonchev–Trinajstić information content (AvgIpc) is 3.22. The van der Waals surface area contributed by atoms with Gasteiger partial charge >= 0.3 is 6.03 Å². The molecule has 7 heteroatoms. The Bertz CT molecular complexity index is 1170. The van der Waals surface area contributed by atoms with Gasteiger partial charge in [0, 0.05) is 30.7 Å². The van der Waals surface area contributed by atoms with Crippen LogP contribution in [-0.2, 0) is 13.1 Å². The number of H-pyrrole nitrogens is 1. The van der Waals surface area contributed by atoms with Gasteiger partial charge in [-0.25, -0.2) is 4.79 Å². The number of carbonyl (C=O) groups excluding carboxylic acids is 1. The number of aromatic amines is 1. The molecule has 2 aromatic carbocycles. The molecule has 3 aromatic rings. The van der Waals surface area contributed by atoms with Crippen LogP contribution in [-0.4, -0.2) is 40.7 Å². The fourth-order valence-corrected chi connectivity index (χ4v) is 3.84. The number of nitrogens with zero attached hydrogens (tertiary/aromatic N) is 2. The topological polar surface area (TPSA) is 74.9 Å². The number of carbonyl (C=O) groups is 1. The summed E-state index contributed by atoms with van der Waals surface area (Å²) in [6.07, 6.45) is 0. The number of rotatable bonds is 6. The van der Waals surface area contributed by atoms with E-state index in [1.54, 1.807) is 9.80 Å². The van der Waals surface area contributed by atoms with E-state index < -0.39 is 0 Å². The molecule has 0 aliphatic carbocycles. The van der Waals surface area contributed by atoms with Crippen LogP contribution in [0.5, 0.6) is 11.5 Å². The van der Waals surface area contributed by atoms with E-state index in [1.165, 1.54) is 0 Å². The van der Waals surface area contributed by atoms with E-state index in [1.807, 2.05) is 63.2 Å². The molecule has 0 atom stereocenters. The van der Waals surface area contributed by atoms with Gasteiger partial charge in [-0.05, 0) is 62.1 Å². The Kier molecular flexibility index (Phi) is 5.84. The van der Waals surface area contributed by atoms with Crippen molar-refractivity contribution >= 4 is 16.9 Å². The maximum Gasteiger partial charge on any atom is 0.320 e. The highest BCUT2D eigenvalue weighted by Crippen LogP contribution is 2.33. The summed E-state index contributed by atoms with van der Waals surface area (Å²) < 4.78 is 10.9. The van der Waals surface area contributed by atoms with Crippen LogP contribution in [0.3, 0.4) is 0 Å². The lowest BCUT2D eigenvalue weighted by atomic mass is 10.1. The molecule has 0 unspecified atom stereocenters. The monoisotopic (exact) mass is 421 g/mol. The number of ether oxygens (including phenoxy) is 2. The third kappa shape index (κ3) is 4.35. The Hall–Kier alpha value is -3.48. The van der Waals surface area contributed by atoms with Gasteiger partial charge in [-0.3, -0.25) is 4.79 Å². The highest BCUT2D eigenvalue weighted by atomic mass is 16.7. The molecule has 162 valence electrons. The molecule has 1 aliphatic rings. The number of hydrogen-bond acceptors (Lipinski definition) is 4. The molecule has 0 fully saturated rings. The smallest absolute Gasteiger partial charge is 0.320 e. The lowest BCUT2D eigenvalue weighted by Crippen LogP contribution is -2.43. The Morgan fingerprint density at radius 2 is 1.74 bits per heavy atom. The number of aryl methyl sites for hydroxylation is 1. The fraction of sp³-hybridized carbons (Fsp3) is 0.333. The summed E-state index contributed by atoms with van der Waals surface area (Å²) in [6, 6.07) is 13.3. The van der Waals surface area contributed by atoms with Gasteiger partial charge in [0.15, 0.2) is 11.5 Å². The summed E-state index contributed by atoms with van der Waals surface area (Å²) in [6.45, 7) is 7.88. The lowest BCUT2D eigenvalue weighted by Gasteiger charge is -2.29. The van der Waals surface area contributed by atoms with E-state index in [-0.39, 0.29) is 24.9 Å². The van der Waals surface area contributed by atoms with Crippen molar-refractivity contribution in [3.63, 3.8) is 0 Å². The van der Waals surface area contributed by atoms with Crippen LogP contribution in [0.1, 0.15) is 30.5 Å². The van der Waals surface area contributed by atoms with Gasteiger partial charge in [-0.15, -0.1) is 0 Å². The third-order valence-corrected chi connectivity index (χ3v) is 5.55. The van der Waals surface area contributed by atoms with Gasteiger partial charge in [0.05, 0.1) is 6.54 Å². The summed E-state index contributed by atoms with van der Waals surface area (Å²) >= 11 is 0. The van der Waals surface area contributed by atoms with E-state index in [9.17, 15) is 9.59 Å². The zero-order valence-electron chi connectivity index (χ0n) is 18.1. The van der Waals surface area contributed by atoms with Gasteiger partial charge < -0.3 is 24.3 Å². The number of urea groups is 1. The Labute approximate surface area is 181 Å². The SMILES string of the molecule is CCN(CC)C(=O)N(Cc1ccc2c(c1)OCO2)Cc1cc2cc(C)ccc2[nH]c1=O. The van der Waals surface area contributed by atoms with Crippen LogP contribution in [0.2, 0.25) is 0 Å². The van der Waals surface area contributed by atoms with E-state index in [2.05, 4.69) is 4.98 Å². The number of fused-ring (bicyclic) bond motifs is 2. The normalized spacial score (nSPS) is 12.2. The first-order chi connectivity index (χ1) is 15.0. The molecule has 1 aliphatic heterocycles. The standard InChI is InChI=1S/C24H27N3O4/c1-4-26(5-2)24(29)27(13-17-7-9-21-22(11-17)31-15-30-21)14-19-12-18-10-16(3)6-8-20(18)25-23(19)28/h6-12H,4-5,13-15H2,1-3H3,(H,25,28). The number of pyridine rings is 1. The van der Waals surface area contributed by atoms with Gasteiger partial charge in [0.25, 0.3) is 5.56 Å². The molecule has 0 spiro atoms. The van der Waals surface area contributed by atoms with Crippen LogP contribution >= 0.6 is 0 Å². The molecule has 1 aromatic heterocycles. The number of amides is 2. The van der Waals surface area contributed by atoms with Crippen LogP contribution in [0.4, 0.5) is 4.79 Å². The minimum absolute atomic E-state index is 0.105. The summed E-state index contributed by atoms with van der Waals surface area (Å²) in [5.41, 5.74) is 3.19. The molecule has 0 radical (unpaired) electrons. The zero-order chi connectivity index (χ0) is 22.0. The maximum atomic E-state index is 13.3. The Morgan fingerprint density at radius 3 is 2.52 bits per heavy atom. The number of aromatic nitrogens is 1. The number of benzene rings is 2. The predicted molar refractivity (Wildman–Crippen MR) is 119 cm³/mol. The zero-order valence-corrected chi connectivity index (χ0v) is 18.1. The van der Waals surface area contributed by atoms with Crippen molar-refractivity contribution < 1.29 is 14.3 Å². The molecule has 0 saturated carbocycles. The molecule has 0 bridgehead atoms. The van der Waals surface area contributed by atoms with E-state index in [0.29, 0.717) is 36.7 Å². The minimum Gasteiger partial charge on any atom is -0.454 e. The number of nitrogens with one attached hydrogen (secondary N) is 1. The van der Waals surface area contributed by atoms with Gasteiger partial charge in [-0.1, -0.05) is 17.7 Å². The maximum absolute atomic E-state index is 13.3. The van der Waals surface area contributed by atoms with E-state index >= 15 is 0 Å². The van der Waals surface area contributed by atoms with Crippen LogP contribution < -0.4 is 15.0 Å². The van der Waals surface area contributed by atoms with Crippen LogP contribution in [0.25, 0.3) is 10.9 Å². The predicted octanol–water partition coefficient (Wildman–Crippen LogP) is 4.03. The first kappa shape index (κ1) is 20.8. The highest BCUT2D eigenvalue weighted by molar-refractivity contribution is 5.80. The quantitative estimate of drug-likeness (QED) is 0.652. The van der Waals surface area contributed by atoms with Crippen LogP contribution in [0, 0.1) is 6.92 Å². The lowest BCUT2D eigenvalue weighted by molar-refractivity contribution is 0.151. The average molecular weight is 421 g/mol. The second-order valence-corrected chi connectivity index (χ2v) is 7.71. The molecule has 31 heavy (non-hydrogen) atoms. The summed E-state index contributed by atoms with van der Waals surface area (Å²) in [7, 11) is 0. The molecule has 7 nitrogen and oxygen atoms in total. The Balaban J connectivity index is 1.67. The van der Waals surface area contributed by atoms with Crippen molar-refractivity contribution in [2.45, 2.75) is 33.9 Å². The fourth-order valence-electron chi connectivity index (χ4n) is 3.84. The number of hydrogen-bond donors (Lipinski definition) is 1. The molecule has 2 heterocycles. The third-order valence-electron chi connectivity index (χ3n) is 5.55. The first-order valence-corrected chi connectivity index (χ1v) is 10.5. The second-order valence-electron chi connectivity index (χ2n) is 7.71. The Morgan fingerprint density at radius 1 is 0.968 bits per heavy atom. The van der Waals surface area contributed by atoms with Crippen LogP contribution in [0.15, 0.2) is 47.3 Å². The largest absolute Gasteiger partial charge is 0.454 e. The second kappa shape index (κ2) is 8.71. The van der Waals surface area contributed by atoms with Crippen molar-refractivity contribution in [3.05, 3.63) is 69.5 Å². The van der Waals surface area contributed by atoms with Gasteiger partial charge in [0.1, 0.15) is 0 Å².